The van der Waals surface area contributed by atoms with E-state index in [0.29, 0.717) is 52.4 Å². The van der Waals surface area contributed by atoms with Crippen LogP contribution in [-0.4, -0.2) is 45.3 Å². The smallest absolute Gasteiger partial charge is 0.303 e. The Balaban J connectivity index is 1.63. The Morgan fingerprint density at radius 1 is 0.946 bits per heavy atom. The molecule has 0 radical (unpaired) electrons. The molecular weight excluding hydrogens is 475 g/mol. The molecule has 190 valence electrons. The van der Waals surface area contributed by atoms with Gasteiger partial charge in [-0.1, -0.05) is 0 Å². The Bertz CT molecular complexity index is 1440. The highest BCUT2D eigenvalue weighted by Crippen LogP contribution is 2.24. The highest BCUT2D eigenvalue weighted by molar-refractivity contribution is 6.06. The van der Waals surface area contributed by atoms with E-state index >= 15 is 0 Å². The average Bonchev–Trinajstić information content (AvgIpc) is 3.26. The Hall–Kier alpha value is -4.53. The molecule has 0 aliphatic heterocycles. The maximum Gasteiger partial charge on any atom is 0.303 e. The van der Waals surface area contributed by atoms with Crippen LogP contribution in [0.25, 0.3) is 16.7 Å². The lowest BCUT2D eigenvalue weighted by Crippen LogP contribution is -2.30. The van der Waals surface area contributed by atoms with Crippen molar-refractivity contribution in [3.63, 3.8) is 0 Å². The number of carbonyl (C=O) groups is 3. The van der Waals surface area contributed by atoms with Gasteiger partial charge in [-0.2, -0.15) is 0 Å². The minimum absolute atomic E-state index is 0.0630. The molecule has 1 heterocycles. The fourth-order valence-electron chi connectivity index (χ4n) is 4.00. The summed E-state index contributed by atoms with van der Waals surface area (Å²) in [6.45, 7) is 6.31. The van der Waals surface area contributed by atoms with Crippen molar-refractivity contribution < 1.29 is 23.5 Å². The van der Waals surface area contributed by atoms with Gasteiger partial charge in [-0.05, 0) is 80.6 Å². The maximum absolute atomic E-state index is 13.6. The zero-order valence-electron chi connectivity index (χ0n) is 20.8. The molecule has 0 aliphatic rings. The zero-order valence-corrected chi connectivity index (χ0v) is 20.8. The fourth-order valence-corrected chi connectivity index (χ4v) is 4.00. The van der Waals surface area contributed by atoms with Gasteiger partial charge in [-0.25, -0.2) is 9.37 Å². The number of imidazole rings is 1. The summed E-state index contributed by atoms with van der Waals surface area (Å²) in [7, 11) is 0. The lowest BCUT2D eigenvalue weighted by molar-refractivity contribution is -0.142. The number of amides is 2. The number of nitrogens with zero attached hydrogens (tertiary/aromatic N) is 3. The van der Waals surface area contributed by atoms with Crippen molar-refractivity contribution in [3.8, 4) is 5.69 Å². The summed E-state index contributed by atoms with van der Waals surface area (Å²) in [5, 5.41) is 2.85. The zero-order chi connectivity index (χ0) is 26.5. The number of aromatic nitrogens is 2. The summed E-state index contributed by atoms with van der Waals surface area (Å²) in [6, 6.07) is 17.6. The van der Waals surface area contributed by atoms with E-state index in [4.69, 9.17) is 4.74 Å². The third-order valence-electron chi connectivity index (χ3n) is 5.92. The number of halogens is 1. The molecule has 37 heavy (non-hydrogen) atoms. The van der Waals surface area contributed by atoms with Crippen molar-refractivity contribution in [2.45, 2.75) is 27.4 Å². The first-order chi connectivity index (χ1) is 17.8. The van der Waals surface area contributed by atoms with Crippen LogP contribution in [-0.2, 0) is 16.1 Å². The molecular formula is C28H27FN4O4. The standard InChI is InChI=1S/C28H27FN4O4/c1-4-32(5-2)28(36)19-6-11-22(12-7-19)30-27(35)20-8-15-24-25(16-20)33(23-13-9-21(29)10-14-23)26(31-24)17-37-18(3)34/h6-16H,4-5,17H2,1-3H3,(H,30,35). The minimum Gasteiger partial charge on any atom is -0.458 e. The molecule has 0 saturated carbocycles. The number of ether oxygens (including phenoxy) is 1. The van der Waals surface area contributed by atoms with Gasteiger partial charge in [0, 0.05) is 42.5 Å². The van der Waals surface area contributed by atoms with Crippen LogP contribution in [0.3, 0.4) is 0 Å². The molecule has 0 saturated heterocycles. The van der Waals surface area contributed by atoms with Crippen LogP contribution in [0.5, 0.6) is 0 Å². The number of esters is 1. The number of rotatable bonds is 8. The number of hydrogen-bond acceptors (Lipinski definition) is 5. The first kappa shape index (κ1) is 25.6. The Labute approximate surface area is 213 Å². The van der Waals surface area contributed by atoms with E-state index in [1.807, 2.05) is 13.8 Å². The predicted octanol–water partition coefficient (Wildman–Crippen LogP) is 4.96. The van der Waals surface area contributed by atoms with Gasteiger partial charge in [-0.3, -0.25) is 19.0 Å². The third kappa shape index (κ3) is 5.66. The maximum atomic E-state index is 13.6. The van der Waals surface area contributed by atoms with Gasteiger partial charge in [0.1, 0.15) is 12.4 Å². The second kappa shape index (κ2) is 11.0. The number of nitrogens with one attached hydrogen (secondary N) is 1. The van der Waals surface area contributed by atoms with E-state index in [0.717, 1.165) is 0 Å². The Kier molecular flexibility index (Phi) is 7.62. The topological polar surface area (TPSA) is 93.5 Å². The summed E-state index contributed by atoms with van der Waals surface area (Å²) in [6.07, 6.45) is 0. The van der Waals surface area contributed by atoms with Crippen LogP contribution in [0.4, 0.5) is 10.1 Å². The van der Waals surface area contributed by atoms with Crippen LogP contribution >= 0.6 is 0 Å². The van der Waals surface area contributed by atoms with E-state index in [-0.39, 0.29) is 24.2 Å². The van der Waals surface area contributed by atoms with Crippen molar-refractivity contribution >= 4 is 34.5 Å². The molecule has 0 atom stereocenters. The number of benzene rings is 3. The number of hydrogen-bond donors (Lipinski definition) is 1. The summed E-state index contributed by atoms with van der Waals surface area (Å²) >= 11 is 0. The Morgan fingerprint density at radius 2 is 1.59 bits per heavy atom. The lowest BCUT2D eigenvalue weighted by Gasteiger charge is -2.18. The van der Waals surface area contributed by atoms with E-state index in [1.54, 1.807) is 64.1 Å². The molecule has 0 bridgehead atoms. The molecule has 3 aromatic carbocycles. The van der Waals surface area contributed by atoms with Gasteiger partial charge in [-0.15, -0.1) is 0 Å². The molecule has 4 rings (SSSR count). The number of fused-ring (bicyclic) bond motifs is 1. The molecule has 8 nitrogen and oxygen atoms in total. The largest absolute Gasteiger partial charge is 0.458 e. The summed E-state index contributed by atoms with van der Waals surface area (Å²) in [5.74, 6) is -0.824. The highest BCUT2D eigenvalue weighted by Gasteiger charge is 2.17. The predicted molar refractivity (Wildman–Crippen MR) is 138 cm³/mol. The van der Waals surface area contributed by atoms with Crippen molar-refractivity contribution in [1.29, 1.82) is 0 Å². The third-order valence-corrected chi connectivity index (χ3v) is 5.92. The Morgan fingerprint density at radius 3 is 2.22 bits per heavy atom. The van der Waals surface area contributed by atoms with Crippen LogP contribution in [0.15, 0.2) is 66.7 Å². The summed E-state index contributed by atoms with van der Waals surface area (Å²) < 4.78 is 20.4. The quantitative estimate of drug-likeness (QED) is 0.344. The van der Waals surface area contributed by atoms with Gasteiger partial charge in [0.05, 0.1) is 11.0 Å². The molecule has 1 N–H and O–H groups in total. The van der Waals surface area contributed by atoms with Gasteiger partial charge in [0.2, 0.25) is 0 Å². The molecule has 0 aliphatic carbocycles. The van der Waals surface area contributed by atoms with Crippen molar-refractivity contribution in [2.24, 2.45) is 0 Å². The second-order valence-electron chi connectivity index (χ2n) is 8.33. The second-order valence-corrected chi connectivity index (χ2v) is 8.33. The van der Waals surface area contributed by atoms with Gasteiger partial charge in [0.25, 0.3) is 11.8 Å². The first-order valence-corrected chi connectivity index (χ1v) is 11.9. The van der Waals surface area contributed by atoms with Crippen molar-refractivity contribution in [3.05, 3.63) is 89.5 Å². The van der Waals surface area contributed by atoms with E-state index in [1.165, 1.54) is 19.1 Å². The molecule has 2 amide bonds. The average molecular weight is 503 g/mol. The molecule has 0 unspecified atom stereocenters. The first-order valence-electron chi connectivity index (χ1n) is 11.9. The van der Waals surface area contributed by atoms with Crippen LogP contribution in [0.1, 0.15) is 47.3 Å². The minimum atomic E-state index is -0.456. The van der Waals surface area contributed by atoms with Crippen LogP contribution in [0.2, 0.25) is 0 Å². The molecule has 0 fully saturated rings. The molecule has 9 heteroatoms. The van der Waals surface area contributed by atoms with E-state index < -0.39 is 5.97 Å². The van der Waals surface area contributed by atoms with Crippen LogP contribution in [0, 0.1) is 5.82 Å². The van der Waals surface area contributed by atoms with E-state index in [9.17, 15) is 18.8 Å². The van der Waals surface area contributed by atoms with Crippen molar-refractivity contribution in [2.75, 3.05) is 18.4 Å². The van der Waals surface area contributed by atoms with Gasteiger partial charge < -0.3 is 15.0 Å². The highest BCUT2D eigenvalue weighted by atomic mass is 19.1. The van der Waals surface area contributed by atoms with Crippen molar-refractivity contribution in [1.82, 2.24) is 14.5 Å². The fraction of sp³-hybridized carbons (Fsp3) is 0.214. The number of anilines is 1. The normalized spacial score (nSPS) is 10.8. The monoisotopic (exact) mass is 502 g/mol. The van der Waals surface area contributed by atoms with Crippen LogP contribution < -0.4 is 5.32 Å². The van der Waals surface area contributed by atoms with E-state index in [2.05, 4.69) is 10.3 Å². The number of carbonyl (C=O) groups excluding carboxylic acids is 3. The molecule has 1 aromatic heterocycles. The lowest BCUT2D eigenvalue weighted by atomic mass is 10.1. The van der Waals surface area contributed by atoms with Gasteiger partial charge in [0.15, 0.2) is 5.82 Å². The van der Waals surface area contributed by atoms with Gasteiger partial charge >= 0.3 is 5.97 Å². The molecule has 4 aromatic rings. The summed E-state index contributed by atoms with van der Waals surface area (Å²) in [5.41, 5.74) is 3.26. The molecule has 0 spiro atoms. The summed E-state index contributed by atoms with van der Waals surface area (Å²) in [4.78, 5) is 43.2. The SMILES string of the molecule is CCN(CC)C(=O)c1ccc(NC(=O)c2ccc3nc(COC(C)=O)n(-c4ccc(F)cc4)c3c2)cc1.